The number of benzene rings is 1. The summed E-state index contributed by atoms with van der Waals surface area (Å²) in [6, 6.07) is 5.44. The zero-order valence-corrected chi connectivity index (χ0v) is 16.6. The van der Waals surface area contributed by atoms with Crippen molar-refractivity contribution in [3.05, 3.63) is 29.3 Å². The van der Waals surface area contributed by atoms with Gasteiger partial charge in [-0.2, -0.15) is 0 Å². The second-order valence-corrected chi connectivity index (χ2v) is 7.52. The number of hydrogen-bond acceptors (Lipinski definition) is 6. The molecule has 1 saturated heterocycles. The minimum Gasteiger partial charge on any atom is -0.465 e. The standard InChI is InChI=1S/C20H28N4O5/c1-21-11-17(25)22-14-5-7-15-13(10-14)4-6-16(15)19(27)24(20(28)29)12-18(26)23-8-2-3-9-23/h5,7,10,16-17,21-22,25H,2-4,6,8-9,11-12H2,1H3,(H,28,29)/t16-,17?/m0/s1. The Balaban J connectivity index is 1.71. The number of carbonyl (C=O) groups is 3. The number of anilines is 1. The fourth-order valence-electron chi connectivity index (χ4n) is 4.03. The molecule has 0 aromatic heterocycles. The zero-order valence-electron chi connectivity index (χ0n) is 16.6. The largest absolute Gasteiger partial charge is 0.465 e. The lowest BCUT2D eigenvalue weighted by atomic mass is 9.99. The SMILES string of the molecule is CNCC(O)Nc1ccc2c(c1)CC[C@@H]2C(=O)N(CC(=O)N1CCCC1)C(=O)O. The fourth-order valence-corrected chi connectivity index (χ4v) is 4.03. The molecule has 9 nitrogen and oxygen atoms in total. The summed E-state index contributed by atoms with van der Waals surface area (Å²) >= 11 is 0. The van der Waals surface area contributed by atoms with Gasteiger partial charge in [0.2, 0.25) is 11.8 Å². The number of rotatable bonds is 7. The van der Waals surface area contributed by atoms with Crippen LogP contribution in [0.5, 0.6) is 0 Å². The summed E-state index contributed by atoms with van der Waals surface area (Å²) in [6.45, 7) is 1.18. The van der Waals surface area contributed by atoms with Crippen LogP contribution in [0.3, 0.4) is 0 Å². The molecule has 9 heteroatoms. The number of fused-ring (bicyclic) bond motifs is 1. The number of carboxylic acid groups (broad SMARTS) is 1. The molecular weight excluding hydrogens is 376 g/mol. The summed E-state index contributed by atoms with van der Waals surface area (Å²) in [6.07, 6.45) is 0.806. The molecule has 1 fully saturated rings. The second kappa shape index (κ2) is 9.23. The molecule has 1 aromatic rings. The van der Waals surface area contributed by atoms with E-state index in [4.69, 9.17) is 0 Å². The van der Waals surface area contributed by atoms with E-state index in [0.29, 0.717) is 37.4 Å². The number of likely N-dealkylation sites (tertiary alicyclic amines) is 1. The Morgan fingerprint density at radius 2 is 2.00 bits per heavy atom. The van der Waals surface area contributed by atoms with Crippen LogP contribution in [0, 0.1) is 0 Å². The molecule has 0 radical (unpaired) electrons. The van der Waals surface area contributed by atoms with Gasteiger partial charge in [-0.25, -0.2) is 9.69 Å². The van der Waals surface area contributed by atoms with Gasteiger partial charge in [0.05, 0.1) is 5.92 Å². The number of nitrogens with zero attached hydrogens (tertiary/aromatic N) is 2. The van der Waals surface area contributed by atoms with Crippen LogP contribution in [0.4, 0.5) is 10.5 Å². The van der Waals surface area contributed by atoms with E-state index >= 15 is 0 Å². The summed E-state index contributed by atoms with van der Waals surface area (Å²) in [5, 5.41) is 25.2. The molecule has 3 amide bonds. The van der Waals surface area contributed by atoms with E-state index in [1.165, 1.54) is 0 Å². The fraction of sp³-hybridized carbons (Fsp3) is 0.550. The molecule has 158 valence electrons. The van der Waals surface area contributed by atoms with E-state index in [9.17, 15) is 24.6 Å². The molecule has 1 unspecified atom stereocenters. The topological polar surface area (TPSA) is 122 Å². The number of amides is 3. The number of aliphatic hydroxyl groups excluding tert-OH is 1. The minimum atomic E-state index is -1.40. The third kappa shape index (κ3) is 4.86. The molecule has 29 heavy (non-hydrogen) atoms. The summed E-state index contributed by atoms with van der Waals surface area (Å²) in [4.78, 5) is 39.3. The Morgan fingerprint density at radius 1 is 1.28 bits per heavy atom. The van der Waals surface area contributed by atoms with Crippen LogP contribution < -0.4 is 10.6 Å². The maximum absolute atomic E-state index is 13.0. The van der Waals surface area contributed by atoms with Gasteiger partial charge in [-0.05, 0) is 56.0 Å². The van der Waals surface area contributed by atoms with Gasteiger partial charge in [0, 0.05) is 25.3 Å². The predicted octanol–water partition coefficient (Wildman–Crippen LogP) is 0.795. The molecule has 1 aliphatic heterocycles. The number of likely N-dealkylation sites (N-methyl/N-ethyl adjacent to an activating group) is 1. The van der Waals surface area contributed by atoms with Crippen molar-refractivity contribution < 1.29 is 24.6 Å². The van der Waals surface area contributed by atoms with Crippen molar-refractivity contribution in [3.8, 4) is 0 Å². The smallest absolute Gasteiger partial charge is 0.414 e. The number of carbonyl (C=O) groups excluding carboxylic acids is 2. The summed E-state index contributed by atoms with van der Waals surface area (Å²) in [5.41, 5.74) is 2.46. The zero-order chi connectivity index (χ0) is 21.0. The minimum absolute atomic E-state index is 0.325. The summed E-state index contributed by atoms with van der Waals surface area (Å²) in [5.74, 6) is -1.46. The van der Waals surface area contributed by atoms with Crippen LogP contribution in [-0.2, 0) is 16.0 Å². The van der Waals surface area contributed by atoms with Crippen LogP contribution in [0.25, 0.3) is 0 Å². The molecule has 1 aliphatic carbocycles. The van der Waals surface area contributed by atoms with Crippen LogP contribution in [-0.4, -0.2) is 77.4 Å². The molecule has 0 bridgehead atoms. The monoisotopic (exact) mass is 404 g/mol. The van der Waals surface area contributed by atoms with Gasteiger partial charge >= 0.3 is 6.09 Å². The van der Waals surface area contributed by atoms with Crippen molar-refractivity contribution in [1.82, 2.24) is 15.1 Å². The average Bonchev–Trinajstić information content (AvgIpc) is 3.35. The Morgan fingerprint density at radius 3 is 2.66 bits per heavy atom. The normalized spacial score (nSPS) is 19.0. The molecule has 2 aliphatic rings. The van der Waals surface area contributed by atoms with Crippen molar-refractivity contribution in [2.45, 2.75) is 37.8 Å². The van der Waals surface area contributed by atoms with Crippen LogP contribution in [0.2, 0.25) is 0 Å². The van der Waals surface area contributed by atoms with Gasteiger partial charge in [0.25, 0.3) is 0 Å². The van der Waals surface area contributed by atoms with E-state index in [1.807, 2.05) is 6.07 Å². The van der Waals surface area contributed by atoms with Crippen LogP contribution in [0.15, 0.2) is 18.2 Å². The van der Waals surface area contributed by atoms with Crippen molar-refractivity contribution in [2.75, 3.05) is 38.5 Å². The third-order valence-electron chi connectivity index (χ3n) is 5.50. The highest BCUT2D eigenvalue weighted by molar-refractivity contribution is 5.99. The molecule has 1 aromatic carbocycles. The lowest BCUT2D eigenvalue weighted by Gasteiger charge is -2.24. The quantitative estimate of drug-likeness (QED) is 0.496. The molecule has 2 atom stereocenters. The van der Waals surface area contributed by atoms with Gasteiger partial charge in [-0.3, -0.25) is 9.59 Å². The van der Waals surface area contributed by atoms with Crippen molar-refractivity contribution in [3.63, 3.8) is 0 Å². The van der Waals surface area contributed by atoms with Crippen molar-refractivity contribution in [1.29, 1.82) is 0 Å². The molecule has 0 saturated carbocycles. The number of hydrogen-bond donors (Lipinski definition) is 4. The third-order valence-corrected chi connectivity index (χ3v) is 5.50. The highest BCUT2D eigenvalue weighted by Crippen LogP contribution is 2.36. The molecule has 4 N–H and O–H groups in total. The van der Waals surface area contributed by atoms with E-state index in [-0.39, 0.29) is 5.91 Å². The van der Waals surface area contributed by atoms with Gasteiger partial charge in [0.1, 0.15) is 12.8 Å². The first-order valence-corrected chi connectivity index (χ1v) is 9.94. The van der Waals surface area contributed by atoms with Crippen molar-refractivity contribution >= 4 is 23.6 Å². The van der Waals surface area contributed by atoms with E-state index in [0.717, 1.165) is 29.7 Å². The van der Waals surface area contributed by atoms with E-state index in [2.05, 4.69) is 10.6 Å². The molecule has 0 spiro atoms. The number of imide groups is 1. The predicted molar refractivity (Wildman–Crippen MR) is 107 cm³/mol. The Bertz CT molecular complexity index is 778. The van der Waals surface area contributed by atoms with Gasteiger partial charge in [0.15, 0.2) is 0 Å². The molecular formula is C20H28N4O5. The Hall–Kier alpha value is -2.65. The van der Waals surface area contributed by atoms with Gasteiger partial charge in [-0.1, -0.05) is 6.07 Å². The number of aryl methyl sites for hydroxylation is 1. The van der Waals surface area contributed by atoms with Crippen LogP contribution in [0.1, 0.15) is 36.3 Å². The first kappa shape index (κ1) is 21.1. The summed E-state index contributed by atoms with van der Waals surface area (Å²) < 4.78 is 0. The summed E-state index contributed by atoms with van der Waals surface area (Å²) in [7, 11) is 1.74. The van der Waals surface area contributed by atoms with Crippen molar-refractivity contribution in [2.24, 2.45) is 0 Å². The number of aliphatic hydroxyl groups is 1. The lowest BCUT2D eigenvalue weighted by Crippen LogP contribution is -2.46. The molecule has 1 heterocycles. The lowest BCUT2D eigenvalue weighted by molar-refractivity contribution is -0.139. The highest BCUT2D eigenvalue weighted by atomic mass is 16.4. The number of nitrogens with one attached hydrogen (secondary N) is 2. The van der Waals surface area contributed by atoms with E-state index in [1.54, 1.807) is 24.1 Å². The second-order valence-electron chi connectivity index (χ2n) is 7.52. The average molecular weight is 404 g/mol. The molecule has 3 rings (SSSR count). The first-order valence-electron chi connectivity index (χ1n) is 9.94. The maximum Gasteiger partial charge on any atom is 0.414 e. The van der Waals surface area contributed by atoms with Gasteiger partial charge < -0.3 is 25.7 Å². The van der Waals surface area contributed by atoms with E-state index < -0.39 is 30.7 Å². The maximum atomic E-state index is 13.0. The first-order chi connectivity index (χ1) is 13.9. The van der Waals surface area contributed by atoms with Crippen LogP contribution >= 0.6 is 0 Å². The Kier molecular flexibility index (Phi) is 6.71. The Labute approximate surface area is 169 Å². The van der Waals surface area contributed by atoms with Gasteiger partial charge in [-0.15, -0.1) is 0 Å². The highest BCUT2D eigenvalue weighted by Gasteiger charge is 2.36.